The topological polar surface area (TPSA) is 62.7 Å². The molecule has 5 nitrogen and oxygen atoms in total. The second kappa shape index (κ2) is 6.61. The Morgan fingerprint density at radius 2 is 2.25 bits per heavy atom. The molecule has 2 rings (SSSR count). The summed E-state index contributed by atoms with van der Waals surface area (Å²) < 4.78 is 1.48. The van der Waals surface area contributed by atoms with E-state index < -0.39 is 0 Å². The van der Waals surface area contributed by atoms with E-state index in [0.29, 0.717) is 29.9 Å². The first-order chi connectivity index (χ1) is 9.54. The molecule has 2 aromatic rings. The van der Waals surface area contributed by atoms with Gasteiger partial charge < -0.3 is 5.32 Å². The lowest BCUT2D eigenvalue weighted by atomic mass is 10.1. The third-order valence-electron chi connectivity index (χ3n) is 2.93. The Morgan fingerprint density at radius 1 is 1.45 bits per heavy atom. The lowest BCUT2D eigenvalue weighted by Crippen LogP contribution is -2.18. The van der Waals surface area contributed by atoms with E-state index in [-0.39, 0.29) is 5.69 Å². The van der Waals surface area contributed by atoms with E-state index in [1.54, 1.807) is 0 Å². The highest BCUT2D eigenvalue weighted by atomic mass is 35.5. The van der Waals surface area contributed by atoms with Crippen LogP contribution in [-0.2, 0) is 13.1 Å². The molecule has 108 valence electrons. The number of H-pyrrole nitrogens is 1. The molecule has 0 spiro atoms. The maximum absolute atomic E-state index is 11.7. The van der Waals surface area contributed by atoms with Crippen LogP contribution in [0.5, 0.6) is 0 Å². The number of aromatic amines is 1. The van der Waals surface area contributed by atoms with Crippen molar-refractivity contribution in [3.8, 4) is 0 Å². The second-order valence-electron chi connectivity index (χ2n) is 5.15. The van der Waals surface area contributed by atoms with E-state index in [1.807, 2.05) is 24.3 Å². The van der Waals surface area contributed by atoms with Gasteiger partial charge in [-0.25, -0.2) is 9.48 Å². The van der Waals surface area contributed by atoms with Crippen LogP contribution in [0.4, 0.5) is 5.69 Å². The van der Waals surface area contributed by atoms with Crippen LogP contribution in [0.3, 0.4) is 0 Å². The molecule has 0 aliphatic carbocycles. The van der Waals surface area contributed by atoms with Gasteiger partial charge in [0.15, 0.2) is 0 Å². The first-order valence-electron chi connectivity index (χ1n) is 6.70. The Labute approximate surface area is 123 Å². The molecule has 0 saturated carbocycles. The molecular formula is C14H19ClN4O. The molecule has 0 radical (unpaired) electrons. The second-order valence-corrected chi connectivity index (χ2v) is 5.58. The van der Waals surface area contributed by atoms with Crippen LogP contribution in [0.25, 0.3) is 0 Å². The SMILES string of the molecule is CC(C)CCn1nc(CNc2cccc(Cl)c2)[nH]c1=O. The van der Waals surface area contributed by atoms with Crippen LogP contribution in [0.15, 0.2) is 29.1 Å². The molecule has 6 heteroatoms. The summed E-state index contributed by atoms with van der Waals surface area (Å²) in [7, 11) is 0. The van der Waals surface area contributed by atoms with Gasteiger partial charge in [0.2, 0.25) is 0 Å². The fourth-order valence-corrected chi connectivity index (χ4v) is 1.99. The van der Waals surface area contributed by atoms with Crippen molar-refractivity contribution in [2.24, 2.45) is 5.92 Å². The molecule has 0 aliphatic rings. The molecule has 1 heterocycles. The number of hydrogen-bond donors (Lipinski definition) is 2. The maximum atomic E-state index is 11.7. The Kier molecular flexibility index (Phi) is 4.84. The van der Waals surface area contributed by atoms with E-state index >= 15 is 0 Å². The Bertz CT molecular complexity index is 618. The van der Waals surface area contributed by atoms with Crippen molar-refractivity contribution < 1.29 is 0 Å². The number of hydrogen-bond acceptors (Lipinski definition) is 3. The average Bonchev–Trinajstić information content (AvgIpc) is 2.75. The zero-order valence-electron chi connectivity index (χ0n) is 11.7. The highest BCUT2D eigenvalue weighted by Crippen LogP contribution is 2.15. The van der Waals surface area contributed by atoms with Crippen molar-refractivity contribution in [2.75, 3.05) is 5.32 Å². The number of rotatable bonds is 6. The maximum Gasteiger partial charge on any atom is 0.343 e. The van der Waals surface area contributed by atoms with Gasteiger partial charge in [-0.05, 0) is 30.5 Å². The molecule has 0 saturated heterocycles. The molecule has 1 aromatic carbocycles. The number of nitrogens with one attached hydrogen (secondary N) is 2. The molecule has 0 unspecified atom stereocenters. The van der Waals surface area contributed by atoms with Gasteiger partial charge in [0, 0.05) is 17.3 Å². The predicted molar refractivity (Wildman–Crippen MR) is 81.1 cm³/mol. The fraction of sp³-hybridized carbons (Fsp3) is 0.429. The summed E-state index contributed by atoms with van der Waals surface area (Å²) in [6.45, 7) is 5.35. The highest BCUT2D eigenvalue weighted by Gasteiger charge is 2.05. The largest absolute Gasteiger partial charge is 0.378 e. The molecule has 1 aromatic heterocycles. The van der Waals surface area contributed by atoms with Crippen molar-refractivity contribution in [1.82, 2.24) is 14.8 Å². The third-order valence-corrected chi connectivity index (χ3v) is 3.17. The van der Waals surface area contributed by atoms with Gasteiger partial charge in [-0.1, -0.05) is 31.5 Å². The molecule has 20 heavy (non-hydrogen) atoms. The van der Waals surface area contributed by atoms with Gasteiger partial charge in [-0.2, -0.15) is 5.10 Å². The number of anilines is 1. The molecule has 0 amide bonds. The predicted octanol–water partition coefficient (Wildman–Crippen LogP) is 2.88. The van der Waals surface area contributed by atoms with E-state index in [4.69, 9.17) is 11.6 Å². The smallest absolute Gasteiger partial charge is 0.343 e. The van der Waals surface area contributed by atoms with Crippen molar-refractivity contribution in [3.05, 3.63) is 45.6 Å². The summed E-state index contributed by atoms with van der Waals surface area (Å²) in [6.07, 6.45) is 0.936. The van der Waals surface area contributed by atoms with Gasteiger partial charge in [0.1, 0.15) is 5.82 Å². The summed E-state index contributed by atoms with van der Waals surface area (Å²) in [5.41, 5.74) is 0.739. The van der Waals surface area contributed by atoms with E-state index in [2.05, 4.69) is 29.2 Å². The first-order valence-corrected chi connectivity index (χ1v) is 7.08. The molecule has 0 fully saturated rings. The van der Waals surface area contributed by atoms with Gasteiger partial charge in [0.25, 0.3) is 0 Å². The third kappa shape index (κ3) is 4.13. The fourth-order valence-electron chi connectivity index (χ4n) is 1.80. The first kappa shape index (κ1) is 14.7. The number of nitrogens with zero attached hydrogens (tertiary/aromatic N) is 2. The average molecular weight is 295 g/mol. The van der Waals surface area contributed by atoms with Crippen LogP contribution in [0, 0.1) is 5.92 Å². The van der Waals surface area contributed by atoms with Crippen molar-refractivity contribution in [2.45, 2.75) is 33.4 Å². The molecule has 0 atom stereocenters. The zero-order chi connectivity index (χ0) is 14.5. The van der Waals surface area contributed by atoms with E-state index in [1.165, 1.54) is 4.68 Å². The standard InChI is InChI=1S/C14H19ClN4O/c1-10(2)6-7-19-14(20)17-13(18-19)9-16-12-5-3-4-11(15)8-12/h3-5,8,10,16H,6-7,9H2,1-2H3,(H,17,18,20). The normalized spacial score (nSPS) is 11.0. The number of aromatic nitrogens is 3. The van der Waals surface area contributed by atoms with E-state index in [9.17, 15) is 4.79 Å². The van der Waals surface area contributed by atoms with Crippen LogP contribution in [-0.4, -0.2) is 14.8 Å². The molecular weight excluding hydrogens is 276 g/mol. The van der Waals surface area contributed by atoms with Crippen LogP contribution in [0.1, 0.15) is 26.1 Å². The van der Waals surface area contributed by atoms with Gasteiger partial charge >= 0.3 is 5.69 Å². The number of aryl methyl sites for hydroxylation is 1. The lowest BCUT2D eigenvalue weighted by molar-refractivity contribution is 0.476. The van der Waals surface area contributed by atoms with Gasteiger partial charge in [0.05, 0.1) is 6.54 Å². The van der Waals surface area contributed by atoms with Gasteiger partial charge in [-0.15, -0.1) is 0 Å². The van der Waals surface area contributed by atoms with Crippen molar-refractivity contribution in [3.63, 3.8) is 0 Å². The lowest BCUT2D eigenvalue weighted by Gasteiger charge is -2.04. The van der Waals surface area contributed by atoms with Crippen LogP contribution in [0.2, 0.25) is 5.02 Å². The summed E-state index contributed by atoms with van der Waals surface area (Å²) in [6, 6.07) is 7.43. The quantitative estimate of drug-likeness (QED) is 0.861. The molecule has 2 N–H and O–H groups in total. The van der Waals surface area contributed by atoms with Crippen molar-refractivity contribution >= 4 is 17.3 Å². The minimum Gasteiger partial charge on any atom is -0.378 e. The Hall–Kier alpha value is -1.75. The summed E-state index contributed by atoms with van der Waals surface area (Å²) in [4.78, 5) is 14.5. The molecule has 0 aliphatic heterocycles. The van der Waals surface area contributed by atoms with E-state index in [0.717, 1.165) is 12.1 Å². The Balaban J connectivity index is 1.97. The van der Waals surface area contributed by atoms with Gasteiger partial charge in [-0.3, -0.25) is 4.98 Å². The summed E-state index contributed by atoms with van der Waals surface area (Å²) >= 11 is 5.91. The number of benzene rings is 1. The minimum atomic E-state index is -0.159. The highest BCUT2D eigenvalue weighted by molar-refractivity contribution is 6.30. The van der Waals surface area contributed by atoms with Crippen LogP contribution >= 0.6 is 11.6 Å². The monoisotopic (exact) mass is 294 g/mol. The zero-order valence-corrected chi connectivity index (χ0v) is 12.4. The summed E-state index contributed by atoms with van der Waals surface area (Å²) in [5.74, 6) is 1.17. The molecule has 0 bridgehead atoms. The van der Waals surface area contributed by atoms with Crippen LogP contribution < -0.4 is 11.0 Å². The summed E-state index contributed by atoms with van der Waals surface area (Å²) in [5, 5.41) is 8.12. The Morgan fingerprint density at radius 3 is 2.95 bits per heavy atom. The van der Waals surface area contributed by atoms with Crippen molar-refractivity contribution in [1.29, 1.82) is 0 Å². The number of halogens is 1. The minimum absolute atomic E-state index is 0.159.